The first-order chi connectivity index (χ1) is 17.3. The SMILES string of the molecule is CC#C[C@]1(O)CC[C@H]2[C@@H]3CCC4=C/C(=N/NC(N)=S)CCC4=C3C(c3ccc4c(c3)OCO4)C[C@@]21C. The number of nitrogens with one attached hydrogen (secondary N) is 1. The summed E-state index contributed by atoms with van der Waals surface area (Å²) in [5, 5.41) is 16.4. The number of nitrogens with two attached hydrogens (primary N) is 1. The standard InChI is InChI=1S/C29H33N3O3S/c1-3-11-29(33)12-10-23-21-7-4-17-13-19(31-32-27(30)36)6-8-20(17)26(21)22(15-28(23,29)2)18-5-9-24-25(14-18)35-16-34-24/h5,9,13-14,21-23,33H,4,6-8,10,12,15-16H2,1-2H3,(H3,30,32,36)/b31-19+/t21-,22?,23-,28-,29-/m0/s1. The summed E-state index contributed by atoms with van der Waals surface area (Å²) in [6, 6.07) is 6.37. The Morgan fingerprint density at radius 3 is 2.86 bits per heavy atom. The van der Waals surface area contributed by atoms with Crippen molar-refractivity contribution in [2.75, 3.05) is 6.79 Å². The van der Waals surface area contributed by atoms with E-state index in [-0.39, 0.29) is 23.2 Å². The van der Waals surface area contributed by atoms with Crippen molar-refractivity contribution in [3.05, 3.63) is 46.6 Å². The summed E-state index contributed by atoms with van der Waals surface area (Å²) >= 11 is 4.93. The number of thiocarbonyl (C=S) groups is 1. The predicted molar refractivity (Wildman–Crippen MR) is 144 cm³/mol. The molecule has 4 aliphatic carbocycles. The molecule has 1 aliphatic heterocycles. The lowest BCUT2D eigenvalue weighted by Crippen LogP contribution is -2.51. The Balaban J connectivity index is 1.48. The van der Waals surface area contributed by atoms with Crippen LogP contribution in [0.4, 0.5) is 0 Å². The van der Waals surface area contributed by atoms with Crippen LogP contribution < -0.4 is 20.6 Å². The number of hydrazone groups is 1. The molecule has 0 amide bonds. The number of rotatable bonds is 2. The van der Waals surface area contributed by atoms with E-state index >= 15 is 0 Å². The number of benzene rings is 1. The van der Waals surface area contributed by atoms with Gasteiger partial charge in [-0.15, -0.1) is 5.92 Å². The van der Waals surface area contributed by atoms with Gasteiger partial charge >= 0.3 is 0 Å². The highest BCUT2D eigenvalue weighted by Gasteiger charge is 2.62. The summed E-state index contributed by atoms with van der Waals surface area (Å²) < 4.78 is 11.4. The normalized spacial score (nSPS) is 35.2. The molecule has 1 heterocycles. The maximum atomic E-state index is 11.8. The van der Waals surface area contributed by atoms with Crippen molar-refractivity contribution in [3.63, 3.8) is 0 Å². The third-order valence-corrected chi connectivity index (χ3v) is 9.43. The van der Waals surface area contributed by atoms with Gasteiger partial charge in [0.15, 0.2) is 16.6 Å². The Labute approximate surface area is 218 Å². The molecule has 2 saturated carbocycles. The Kier molecular flexibility index (Phi) is 5.66. The maximum Gasteiger partial charge on any atom is 0.231 e. The van der Waals surface area contributed by atoms with Crippen LogP contribution in [0.1, 0.15) is 70.3 Å². The lowest BCUT2D eigenvalue weighted by Gasteiger charge is -2.53. The minimum absolute atomic E-state index is 0.187. The second-order valence-electron chi connectivity index (χ2n) is 11.0. The van der Waals surface area contributed by atoms with Gasteiger partial charge in [0, 0.05) is 11.3 Å². The fourth-order valence-corrected chi connectivity index (χ4v) is 7.78. The van der Waals surface area contributed by atoms with Crippen LogP contribution in [0.3, 0.4) is 0 Å². The molecule has 0 aromatic heterocycles. The van der Waals surface area contributed by atoms with Crippen LogP contribution in [-0.2, 0) is 0 Å². The first-order valence-electron chi connectivity index (χ1n) is 12.9. The second kappa shape index (κ2) is 8.64. The fraction of sp³-hybridized carbons (Fsp3) is 0.517. The highest BCUT2D eigenvalue weighted by Crippen LogP contribution is 2.66. The molecule has 6 nitrogen and oxygen atoms in total. The molecular formula is C29H33N3O3S. The number of aliphatic hydroxyl groups is 1. The Morgan fingerprint density at radius 1 is 1.22 bits per heavy atom. The summed E-state index contributed by atoms with van der Waals surface area (Å²) in [5.41, 5.74) is 13.8. The molecule has 4 N–H and O–H groups in total. The molecule has 1 unspecified atom stereocenters. The lowest BCUT2D eigenvalue weighted by atomic mass is 9.51. The molecule has 0 saturated heterocycles. The van der Waals surface area contributed by atoms with E-state index in [0.29, 0.717) is 11.8 Å². The Hall–Kier alpha value is -2.82. The van der Waals surface area contributed by atoms with E-state index in [1.165, 1.54) is 16.7 Å². The summed E-state index contributed by atoms with van der Waals surface area (Å²) in [5.74, 6) is 8.95. The molecular weight excluding hydrogens is 470 g/mol. The van der Waals surface area contributed by atoms with Crippen LogP contribution in [0, 0.1) is 29.1 Å². The quantitative estimate of drug-likeness (QED) is 0.308. The van der Waals surface area contributed by atoms with Crippen molar-refractivity contribution in [1.29, 1.82) is 0 Å². The Morgan fingerprint density at radius 2 is 2.06 bits per heavy atom. The van der Waals surface area contributed by atoms with Gasteiger partial charge < -0.3 is 20.3 Å². The van der Waals surface area contributed by atoms with Crippen molar-refractivity contribution in [1.82, 2.24) is 5.43 Å². The molecule has 2 fully saturated rings. The minimum Gasteiger partial charge on any atom is -0.454 e. The summed E-state index contributed by atoms with van der Waals surface area (Å²) in [6.07, 6.45) is 8.77. The van der Waals surface area contributed by atoms with Crippen LogP contribution in [-0.4, -0.2) is 28.3 Å². The molecule has 36 heavy (non-hydrogen) atoms. The van der Waals surface area contributed by atoms with Crippen LogP contribution in [0.15, 0.2) is 46.1 Å². The molecule has 1 aromatic rings. The lowest BCUT2D eigenvalue weighted by molar-refractivity contribution is -0.0513. The molecule has 0 radical (unpaired) electrons. The Bertz CT molecular complexity index is 1290. The summed E-state index contributed by atoms with van der Waals surface area (Å²) in [4.78, 5) is 0. The summed E-state index contributed by atoms with van der Waals surface area (Å²) in [6.45, 7) is 4.39. The smallest absolute Gasteiger partial charge is 0.231 e. The monoisotopic (exact) mass is 503 g/mol. The largest absolute Gasteiger partial charge is 0.454 e. The third-order valence-electron chi connectivity index (χ3n) is 9.34. The average Bonchev–Trinajstić information content (AvgIpc) is 3.43. The molecule has 5 atom stereocenters. The number of hydrogen-bond donors (Lipinski definition) is 3. The number of hydrogen-bond acceptors (Lipinski definition) is 5. The molecule has 7 heteroatoms. The average molecular weight is 504 g/mol. The molecule has 6 rings (SSSR count). The zero-order valence-corrected chi connectivity index (χ0v) is 21.7. The van der Waals surface area contributed by atoms with E-state index < -0.39 is 5.60 Å². The van der Waals surface area contributed by atoms with Crippen molar-refractivity contribution < 1.29 is 14.6 Å². The van der Waals surface area contributed by atoms with E-state index in [0.717, 1.165) is 62.2 Å². The van der Waals surface area contributed by atoms with E-state index in [2.05, 4.69) is 47.5 Å². The van der Waals surface area contributed by atoms with Crippen molar-refractivity contribution in [3.8, 4) is 23.3 Å². The highest BCUT2D eigenvalue weighted by atomic mass is 32.1. The van der Waals surface area contributed by atoms with E-state index in [4.69, 9.17) is 27.4 Å². The van der Waals surface area contributed by atoms with Crippen molar-refractivity contribution in [2.24, 2.45) is 28.1 Å². The maximum absolute atomic E-state index is 11.8. The predicted octanol–water partition coefficient (Wildman–Crippen LogP) is 4.69. The van der Waals surface area contributed by atoms with Crippen LogP contribution in [0.25, 0.3) is 0 Å². The van der Waals surface area contributed by atoms with Crippen molar-refractivity contribution >= 4 is 23.0 Å². The zero-order chi connectivity index (χ0) is 25.1. The van der Waals surface area contributed by atoms with E-state index in [1.54, 1.807) is 5.57 Å². The van der Waals surface area contributed by atoms with Gasteiger partial charge in [-0.3, -0.25) is 5.43 Å². The van der Waals surface area contributed by atoms with Gasteiger partial charge in [-0.2, -0.15) is 5.10 Å². The summed E-state index contributed by atoms with van der Waals surface area (Å²) in [7, 11) is 0. The first kappa shape index (κ1) is 23.6. The fourth-order valence-electron chi connectivity index (χ4n) is 7.73. The van der Waals surface area contributed by atoms with E-state index in [9.17, 15) is 5.11 Å². The molecule has 188 valence electrons. The van der Waals surface area contributed by atoms with Gasteiger partial charge in [0.1, 0.15) is 5.60 Å². The van der Waals surface area contributed by atoms with Crippen LogP contribution in [0.5, 0.6) is 11.5 Å². The van der Waals surface area contributed by atoms with Gasteiger partial charge in [-0.1, -0.05) is 24.5 Å². The van der Waals surface area contributed by atoms with Crippen molar-refractivity contribution in [2.45, 2.75) is 70.3 Å². The van der Waals surface area contributed by atoms with Crippen LogP contribution >= 0.6 is 12.2 Å². The molecule has 0 spiro atoms. The first-order valence-corrected chi connectivity index (χ1v) is 13.4. The molecule has 0 bridgehead atoms. The number of nitrogens with zero attached hydrogens (tertiary/aromatic N) is 1. The second-order valence-corrected chi connectivity index (χ2v) is 11.4. The molecule has 1 aromatic carbocycles. The number of allylic oxidation sites excluding steroid dienone is 4. The van der Waals surface area contributed by atoms with Gasteiger partial charge in [-0.25, -0.2) is 0 Å². The highest BCUT2D eigenvalue weighted by molar-refractivity contribution is 7.80. The number of ether oxygens (including phenoxy) is 2. The van der Waals surface area contributed by atoms with Gasteiger partial charge in [-0.05, 0) is 111 Å². The van der Waals surface area contributed by atoms with Gasteiger partial charge in [0.2, 0.25) is 6.79 Å². The minimum atomic E-state index is -0.952. The number of fused-ring (bicyclic) bond motifs is 5. The van der Waals surface area contributed by atoms with Crippen LogP contribution in [0.2, 0.25) is 0 Å². The van der Waals surface area contributed by atoms with E-state index in [1.807, 2.05) is 13.0 Å². The topological polar surface area (TPSA) is 89.1 Å². The zero-order valence-electron chi connectivity index (χ0n) is 20.9. The molecule has 5 aliphatic rings. The van der Waals surface area contributed by atoms with Gasteiger partial charge in [0.05, 0.1) is 5.71 Å². The third kappa shape index (κ3) is 3.57. The van der Waals surface area contributed by atoms with Gasteiger partial charge in [0.25, 0.3) is 0 Å².